The van der Waals surface area contributed by atoms with Gasteiger partial charge in [0, 0.05) is 24.3 Å². The van der Waals surface area contributed by atoms with Gasteiger partial charge in [-0.25, -0.2) is 0 Å². The van der Waals surface area contributed by atoms with E-state index in [2.05, 4.69) is 42.0 Å². The first kappa shape index (κ1) is 9.28. The Morgan fingerprint density at radius 3 is 2.86 bits per heavy atom. The fraction of sp³-hybridized carbons (Fsp3) is 0.333. The number of hydrogen-bond acceptors (Lipinski definition) is 1. The molecule has 0 unspecified atom stereocenters. The van der Waals surface area contributed by atoms with Crippen LogP contribution in [-0.2, 0) is 6.54 Å². The first-order chi connectivity index (χ1) is 6.66. The van der Waals surface area contributed by atoms with Crippen LogP contribution in [0, 0.1) is 6.92 Å². The minimum atomic E-state index is 0.201. The van der Waals surface area contributed by atoms with Crippen LogP contribution in [0.5, 0.6) is 0 Å². The third-order valence-corrected chi connectivity index (χ3v) is 2.41. The Hall–Kier alpha value is -1.28. The minimum Gasteiger partial charge on any atom is -0.346 e. The second-order valence-corrected chi connectivity index (χ2v) is 4.01. The first-order valence-electron chi connectivity index (χ1n) is 4.98. The molecule has 0 saturated carbocycles. The van der Waals surface area contributed by atoms with Gasteiger partial charge in [0.25, 0.3) is 0 Å². The molecule has 0 amide bonds. The van der Waals surface area contributed by atoms with Crippen molar-refractivity contribution in [2.24, 2.45) is 5.73 Å². The molecule has 0 fully saturated rings. The second-order valence-electron chi connectivity index (χ2n) is 4.01. The Morgan fingerprint density at radius 2 is 2.14 bits per heavy atom. The van der Waals surface area contributed by atoms with Crippen molar-refractivity contribution in [3.63, 3.8) is 0 Å². The van der Waals surface area contributed by atoms with Crippen LogP contribution in [0.15, 0.2) is 30.5 Å². The predicted octanol–water partition coefficient (Wildman–Crippen LogP) is 2.30. The lowest BCUT2D eigenvalue weighted by molar-refractivity contribution is 0.605. The molecule has 2 N–H and O–H groups in total. The number of aryl methyl sites for hydroxylation is 1. The number of rotatable bonds is 2. The van der Waals surface area contributed by atoms with Crippen LogP contribution in [0.3, 0.4) is 0 Å². The average molecular weight is 188 g/mol. The SMILES string of the molecule is Cc1ccc2c(ccn2C[C@@H](C)N)c1. The number of fused-ring (bicyclic) bond motifs is 1. The Balaban J connectivity index is 2.47. The number of aromatic nitrogens is 1. The zero-order valence-electron chi connectivity index (χ0n) is 8.70. The number of benzene rings is 1. The van der Waals surface area contributed by atoms with E-state index in [1.54, 1.807) is 0 Å². The molecule has 1 aromatic heterocycles. The van der Waals surface area contributed by atoms with E-state index in [-0.39, 0.29) is 6.04 Å². The Bertz CT molecular complexity index is 441. The number of nitrogens with two attached hydrogens (primary N) is 1. The van der Waals surface area contributed by atoms with E-state index in [1.165, 1.54) is 16.5 Å². The molecule has 2 aromatic rings. The standard InChI is InChI=1S/C12H16N2/c1-9-3-4-12-11(7-9)5-6-14(12)8-10(2)13/h3-7,10H,8,13H2,1-2H3/t10-/m1/s1. The van der Waals surface area contributed by atoms with E-state index in [4.69, 9.17) is 5.73 Å². The third-order valence-electron chi connectivity index (χ3n) is 2.41. The van der Waals surface area contributed by atoms with Gasteiger partial charge in [0.05, 0.1) is 0 Å². The highest BCUT2D eigenvalue weighted by Crippen LogP contribution is 2.17. The van der Waals surface area contributed by atoms with Crippen LogP contribution in [0.25, 0.3) is 10.9 Å². The van der Waals surface area contributed by atoms with Crippen molar-refractivity contribution < 1.29 is 0 Å². The number of hydrogen-bond donors (Lipinski definition) is 1. The lowest BCUT2D eigenvalue weighted by Gasteiger charge is -2.08. The number of nitrogens with zero attached hydrogens (tertiary/aromatic N) is 1. The quantitative estimate of drug-likeness (QED) is 0.770. The van der Waals surface area contributed by atoms with Crippen LogP contribution in [0.1, 0.15) is 12.5 Å². The molecule has 1 aromatic carbocycles. The minimum absolute atomic E-state index is 0.201. The van der Waals surface area contributed by atoms with Crippen LogP contribution in [-0.4, -0.2) is 10.6 Å². The lowest BCUT2D eigenvalue weighted by atomic mass is 10.2. The summed E-state index contributed by atoms with van der Waals surface area (Å²) < 4.78 is 2.21. The largest absolute Gasteiger partial charge is 0.346 e. The molecule has 0 aliphatic heterocycles. The molecule has 0 bridgehead atoms. The molecule has 1 heterocycles. The van der Waals surface area contributed by atoms with Gasteiger partial charge in [0.15, 0.2) is 0 Å². The fourth-order valence-corrected chi connectivity index (χ4v) is 1.79. The molecule has 0 spiro atoms. The Morgan fingerprint density at radius 1 is 1.36 bits per heavy atom. The van der Waals surface area contributed by atoms with Crippen LogP contribution in [0.2, 0.25) is 0 Å². The van der Waals surface area contributed by atoms with Crippen LogP contribution in [0.4, 0.5) is 0 Å². The smallest absolute Gasteiger partial charge is 0.0480 e. The highest BCUT2D eigenvalue weighted by atomic mass is 15.0. The van der Waals surface area contributed by atoms with E-state index in [1.807, 2.05) is 6.92 Å². The molecule has 74 valence electrons. The fourth-order valence-electron chi connectivity index (χ4n) is 1.79. The summed E-state index contributed by atoms with van der Waals surface area (Å²) in [4.78, 5) is 0. The summed E-state index contributed by atoms with van der Waals surface area (Å²) in [5.41, 5.74) is 8.36. The monoisotopic (exact) mass is 188 g/mol. The zero-order valence-corrected chi connectivity index (χ0v) is 8.70. The van der Waals surface area contributed by atoms with Crippen molar-refractivity contribution in [2.75, 3.05) is 0 Å². The van der Waals surface area contributed by atoms with E-state index in [0.717, 1.165) is 6.54 Å². The van der Waals surface area contributed by atoms with Gasteiger partial charge < -0.3 is 10.3 Å². The zero-order chi connectivity index (χ0) is 10.1. The molecule has 0 saturated heterocycles. The van der Waals surface area contributed by atoms with E-state index < -0.39 is 0 Å². The summed E-state index contributed by atoms with van der Waals surface area (Å²) >= 11 is 0. The summed E-state index contributed by atoms with van der Waals surface area (Å²) in [5, 5.41) is 1.30. The Kier molecular flexibility index (Phi) is 2.30. The van der Waals surface area contributed by atoms with E-state index in [9.17, 15) is 0 Å². The normalized spacial score (nSPS) is 13.4. The molecule has 1 atom stereocenters. The molecule has 2 nitrogen and oxygen atoms in total. The molecule has 0 aliphatic carbocycles. The Labute approximate surface area is 84.3 Å². The molecular formula is C12H16N2. The summed E-state index contributed by atoms with van der Waals surface area (Å²) in [6, 6.07) is 8.84. The molecule has 14 heavy (non-hydrogen) atoms. The van der Waals surface area contributed by atoms with Crippen molar-refractivity contribution in [1.29, 1.82) is 0 Å². The van der Waals surface area contributed by atoms with Gasteiger partial charge in [0.2, 0.25) is 0 Å². The van der Waals surface area contributed by atoms with Crippen molar-refractivity contribution in [2.45, 2.75) is 26.4 Å². The predicted molar refractivity (Wildman–Crippen MR) is 60.3 cm³/mol. The van der Waals surface area contributed by atoms with Gasteiger partial charge in [-0.3, -0.25) is 0 Å². The highest BCUT2D eigenvalue weighted by molar-refractivity contribution is 5.80. The first-order valence-corrected chi connectivity index (χ1v) is 4.98. The second kappa shape index (κ2) is 3.46. The van der Waals surface area contributed by atoms with Crippen molar-refractivity contribution in [3.8, 4) is 0 Å². The van der Waals surface area contributed by atoms with Gasteiger partial charge in [-0.2, -0.15) is 0 Å². The summed E-state index contributed by atoms with van der Waals surface area (Å²) in [5.74, 6) is 0. The molecular weight excluding hydrogens is 172 g/mol. The van der Waals surface area contributed by atoms with E-state index in [0.29, 0.717) is 0 Å². The van der Waals surface area contributed by atoms with Crippen molar-refractivity contribution >= 4 is 10.9 Å². The average Bonchev–Trinajstić information content (AvgIpc) is 2.47. The van der Waals surface area contributed by atoms with Gasteiger partial charge in [-0.15, -0.1) is 0 Å². The van der Waals surface area contributed by atoms with Gasteiger partial charge in [-0.1, -0.05) is 11.6 Å². The van der Waals surface area contributed by atoms with Crippen molar-refractivity contribution in [1.82, 2.24) is 4.57 Å². The van der Waals surface area contributed by atoms with Crippen LogP contribution >= 0.6 is 0 Å². The summed E-state index contributed by atoms with van der Waals surface area (Å²) in [7, 11) is 0. The van der Waals surface area contributed by atoms with Crippen LogP contribution < -0.4 is 5.73 Å². The summed E-state index contributed by atoms with van der Waals surface area (Å²) in [6.07, 6.45) is 2.10. The summed E-state index contributed by atoms with van der Waals surface area (Å²) in [6.45, 7) is 5.02. The molecule has 2 rings (SSSR count). The van der Waals surface area contributed by atoms with Gasteiger partial charge in [0.1, 0.15) is 0 Å². The van der Waals surface area contributed by atoms with Crippen molar-refractivity contribution in [3.05, 3.63) is 36.0 Å². The highest BCUT2D eigenvalue weighted by Gasteiger charge is 2.02. The van der Waals surface area contributed by atoms with Gasteiger partial charge >= 0.3 is 0 Å². The maximum absolute atomic E-state index is 5.78. The van der Waals surface area contributed by atoms with Gasteiger partial charge in [-0.05, 0) is 37.4 Å². The topological polar surface area (TPSA) is 30.9 Å². The van der Waals surface area contributed by atoms with E-state index >= 15 is 0 Å². The molecule has 0 radical (unpaired) electrons. The molecule has 0 aliphatic rings. The maximum atomic E-state index is 5.78. The molecule has 2 heteroatoms. The third kappa shape index (κ3) is 1.66. The lowest BCUT2D eigenvalue weighted by Crippen LogP contribution is -2.21. The maximum Gasteiger partial charge on any atom is 0.0480 e.